The molecule has 1 aliphatic rings. The van der Waals surface area contributed by atoms with Crippen LogP contribution in [0, 0.1) is 0 Å². The maximum atomic E-state index is 5.18. The summed E-state index contributed by atoms with van der Waals surface area (Å²) in [6.45, 7) is 6.59. The lowest BCUT2D eigenvalue weighted by atomic mass is 10.1. The molecule has 1 aromatic rings. The van der Waals surface area contributed by atoms with Crippen molar-refractivity contribution in [3.05, 3.63) is 29.8 Å². The lowest BCUT2D eigenvalue weighted by Gasteiger charge is -2.32. The summed E-state index contributed by atoms with van der Waals surface area (Å²) in [5.41, 5.74) is 1.21. The molecule has 1 aliphatic heterocycles. The molecule has 23 heavy (non-hydrogen) atoms. The number of hydrogen-bond donors (Lipinski definition) is 2. The van der Waals surface area contributed by atoms with Gasteiger partial charge in [0.15, 0.2) is 5.96 Å². The van der Waals surface area contributed by atoms with Crippen molar-refractivity contribution in [2.75, 3.05) is 33.8 Å². The lowest BCUT2D eigenvalue weighted by molar-refractivity contribution is 0.206. The molecule has 128 valence electrons. The number of nitrogens with zero attached hydrogens (tertiary/aromatic N) is 2. The molecule has 0 aromatic heterocycles. The Kier molecular flexibility index (Phi) is 7.20. The van der Waals surface area contributed by atoms with Crippen molar-refractivity contribution in [1.82, 2.24) is 15.5 Å². The van der Waals surface area contributed by atoms with Crippen molar-refractivity contribution in [3.8, 4) is 5.75 Å². The number of benzene rings is 1. The standard InChI is InChI=1S/C18H30N4O/c1-4-11-22-12-9-16(10-13-22)21-18(19-2)20-14-15-5-7-17(23-3)8-6-15/h5-8,16H,4,9-14H2,1-3H3,(H2,19,20,21). The molecule has 0 bridgehead atoms. The van der Waals surface area contributed by atoms with Crippen molar-refractivity contribution in [2.45, 2.75) is 38.8 Å². The molecule has 2 N–H and O–H groups in total. The summed E-state index contributed by atoms with van der Waals surface area (Å²) in [6.07, 6.45) is 3.61. The van der Waals surface area contributed by atoms with E-state index in [1.54, 1.807) is 7.11 Å². The molecule has 0 atom stereocenters. The maximum Gasteiger partial charge on any atom is 0.191 e. The van der Waals surface area contributed by atoms with Crippen LogP contribution in [-0.2, 0) is 6.54 Å². The van der Waals surface area contributed by atoms with E-state index in [1.165, 1.54) is 44.5 Å². The smallest absolute Gasteiger partial charge is 0.191 e. The molecule has 2 rings (SSSR count). The molecular formula is C18H30N4O. The van der Waals surface area contributed by atoms with Crippen LogP contribution in [-0.4, -0.2) is 50.7 Å². The summed E-state index contributed by atoms with van der Waals surface area (Å²) < 4.78 is 5.18. The predicted octanol–water partition coefficient (Wildman–Crippen LogP) is 2.23. The molecular weight excluding hydrogens is 288 g/mol. The number of aliphatic imine (C=N–C) groups is 1. The van der Waals surface area contributed by atoms with Crippen LogP contribution in [0.1, 0.15) is 31.7 Å². The number of hydrogen-bond acceptors (Lipinski definition) is 3. The third-order valence-corrected chi connectivity index (χ3v) is 4.31. The van der Waals surface area contributed by atoms with Crippen molar-refractivity contribution in [2.24, 2.45) is 4.99 Å². The van der Waals surface area contributed by atoms with Gasteiger partial charge in [-0.1, -0.05) is 19.1 Å². The first-order chi connectivity index (χ1) is 11.2. The summed E-state index contributed by atoms with van der Waals surface area (Å²) in [4.78, 5) is 6.89. The van der Waals surface area contributed by atoms with E-state index >= 15 is 0 Å². The zero-order valence-electron chi connectivity index (χ0n) is 14.6. The summed E-state index contributed by atoms with van der Waals surface area (Å²) in [5.74, 6) is 1.77. The van der Waals surface area contributed by atoms with Crippen LogP contribution in [0.4, 0.5) is 0 Å². The Bertz CT molecular complexity index is 478. The van der Waals surface area contributed by atoms with E-state index in [9.17, 15) is 0 Å². The summed E-state index contributed by atoms with van der Waals surface area (Å²) in [7, 11) is 3.51. The number of rotatable bonds is 6. The highest BCUT2D eigenvalue weighted by Crippen LogP contribution is 2.12. The fourth-order valence-corrected chi connectivity index (χ4v) is 2.93. The van der Waals surface area contributed by atoms with Crippen LogP contribution in [0.2, 0.25) is 0 Å². The van der Waals surface area contributed by atoms with Gasteiger partial charge in [-0.2, -0.15) is 0 Å². The molecule has 5 nitrogen and oxygen atoms in total. The average molecular weight is 318 g/mol. The number of methoxy groups -OCH3 is 1. The Labute approximate surface area is 140 Å². The Balaban J connectivity index is 1.75. The fraction of sp³-hybridized carbons (Fsp3) is 0.611. The molecule has 1 heterocycles. The first-order valence-electron chi connectivity index (χ1n) is 8.57. The second-order valence-electron chi connectivity index (χ2n) is 6.03. The minimum absolute atomic E-state index is 0.519. The SMILES string of the molecule is CCCN1CCC(NC(=NC)NCc2ccc(OC)cc2)CC1. The number of piperidine rings is 1. The van der Waals surface area contributed by atoms with Gasteiger partial charge in [0.05, 0.1) is 7.11 Å². The van der Waals surface area contributed by atoms with Crippen molar-refractivity contribution >= 4 is 5.96 Å². The number of likely N-dealkylation sites (tertiary alicyclic amines) is 1. The van der Waals surface area contributed by atoms with Crippen LogP contribution in [0.15, 0.2) is 29.3 Å². The van der Waals surface area contributed by atoms with Gasteiger partial charge in [0.2, 0.25) is 0 Å². The van der Waals surface area contributed by atoms with Crippen LogP contribution in [0.5, 0.6) is 5.75 Å². The topological polar surface area (TPSA) is 48.9 Å². The molecule has 0 aliphatic carbocycles. The first-order valence-corrected chi connectivity index (χ1v) is 8.57. The van der Waals surface area contributed by atoms with Crippen molar-refractivity contribution in [3.63, 3.8) is 0 Å². The van der Waals surface area contributed by atoms with E-state index in [2.05, 4.69) is 39.6 Å². The highest BCUT2D eigenvalue weighted by molar-refractivity contribution is 5.79. The normalized spacial score (nSPS) is 17.1. The lowest BCUT2D eigenvalue weighted by Crippen LogP contribution is -2.48. The zero-order valence-corrected chi connectivity index (χ0v) is 14.6. The van der Waals surface area contributed by atoms with Crippen LogP contribution >= 0.6 is 0 Å². The maximum absolute atomic E-state index is 5.18. The summed E-state index contributed by atoms with van der Waals surface area (Å²) in [5, 5.41) is 6.94. The molecule has 0 saturated carbocycles. The van der Waals surface area contributed by atoms with Gasteiger partial charge < -0.3 is 20.3 Å². The highest BCUT2D eigenvalue weighted by atomic mass is 16.5. The molecule has 1 aromatic carbocycles. The third-order valence-electron chi connectivity index (χ3n) is 4.31. The summed E-state index contributed by atoms with van der Waals surface area (Å²) in [6, 6.07) is 8.63. The molecule has 1 saturated heterocycles. The van der Waals surface area contributed by atoms with Crippen molar-refractivity contribution < 1.29 is 4.74 Å². The van der Waals surface area contributed by atoms with E-state index < -0.39 is 0 Å². The Morgan fingerprint density at radius 2 is 1.96 bits per heavy atom. The van der Waals surface area contributed by atoms with E-state index in [0.29, 0.717) is 6.04 Å². The highest BCUT2D eigenvalue weighted by Gasteiger charge is 2.19. The van der Waals surface area contributed by atoms with E-state index in [4.69, 9.17) is 4.74 Å². The minimum atomic E-state index is 0.519. The quantitative estimate of drug-likeness (QED) is 0.624. The second-order valence-corrected chi connectivity index (χ2v) is 6.03. The molecule has 5 heteroatoms. The molecule has 0 radical (unpaired) electrons. The Morgan fingerprint density at radius 3 is 2.52 bits per heavy atom. The van der Waals surface area contributed by atoms with Crippen molar-refractivity contribution in [1.29, 1.82) is 0 Å². The minimum Gasteiger partial charge on any atom is -0.497 e. The van der Waals surface area contributed by atoms with Gasteiger partial charge in [-0.25, -0.2) is 0 Å². The number of guanidine groups is 1. The van der Waals surface area contributed by atoms with E-state index in [0.717, 1.165) is 18.3 Å². The predicted molar refractivity (Wildman–Crippen MR) is 96.1 cm³/mol. The molecule has 0 unspecified atom stereocenters. The fourth-order valence-electron chi connectivity index (χ4n) is 2.93. The van der Waals surface area contributed by atoms with Gasteiger partial charge in [-0.15, -0.1) is 0 Å². The largest absolute Gasteiger partial charge is 0.497 e. The monoisotopic (exact) mass is 318 g/mol. The Morgan fingerprint density at radius 1 is 1.26 bits per heavy atom. The van der Waals surface area contributed by atoms with Gasteiger partial charge >= 0.3 is 0 Å². The second kappa shape index (κ2) is 9.40. The van der Waals surface area contributed by atoms with E-state index in [1.807, 2.05) is 19.2 Å². The molecule has 1 fully saturated rings. The van der Waals surface area contributed by atoms with Gasteiger partial charge in [0.25, 0.3) is 0 Å². The average Bonchev–Trinajstić information content (AvgIpc) is 2.60. The van der Waals surface area contributed by atoms with Gasteiger partial charge in [-0.05, 0) is 43.5 Å². The third kappa shape index (κ3) is 5.75. The van der Waals surface area contributed by atoms with Crippen LogP contribution < -0.4 is 15.4 Å². The van der Waals surface area contributed by atoms with Crippen LogP contribution in [0.25, 0.3) is 0 Å². The summed E-state index contributed by atoms with van der Waals surface area (Å²) >= 11 is 0. The van der Waals surface area contributed by atoms with Gasteiger partial charge in [0, 0.05) is 32.7 Å². The van der Waals surface area contributed by atoms with Crippen LogP contribution in [0.3, 0.4) is 0 Å². The first kappa shape index (κ1) is 17.6. The molecule has 0 spiro atoms. The van der Waals surface area contributed by atoms with E-state index in [-0.39, 0.29) is 0 Å². The number of ether oxygens (including phenoxy) is 1. The van der Waals surface area contributed by atoms with Gasteiger partial charge in [0.1, 0.15) is 5.75 Å². The number of nitrogens with one attached hydrogen (secondary N) is 2. The Hall–Kier alpha value is -1.75. The molecule has 0 amide bonds. The zero-order chi connectivity index (χ0) is 16.5. The van der Waals surface area contributed by atoms with Gasteiger partial charge in [-0.3, -0.25) is 4.99 Å².